The summed E-state index contributed by atoms with van der Waals surface area (Å²) in [7, 11) is 0. The molecule has 20 heavy (non-hydrogen) atoms. The van der Waals surface area contributed by atoms with E-state index in [-0.39, 0.29) is 13.1 Å². The molecule has 0 atom stereocenters. The molecule has 0 spiro atoms. The molecule has 0 aliphatic rings. The second-order valence-corrected chi connectivity index (χ2v) is 5.81. The van der Waals surface area contributed by atoms with E-state index in [2.05, 4.69) is 5.32 Å². The van der Waals surface area contributed by atoms with Crippen LogP contribution in [0.1, 0.15) is 26.3 Å². The number of rotatable bonds is 4. The van der Waals surface area contributed by atoms with E-state index in [1.807, 2.05) is 6.07 Å². The molecule has 2 amide bonds. The Hall–Kier alpha value is -1.75. The molecule has 0 saturated carbocycles. The molecule has 0 saturated heterocycles. The summed E-state index contributed by atoms with van der Waals surface area (Å²) in [6.45, 7) is 5.25. The zero-order chi connectivity index (χ0) is 15.3. The largest absolute Gasteiger partial charge is 0.480 e. The predicted octanol–water partition coefficient (Wildman–Crippen LogP) is 2.73. The van der Waals surface area contributed by atoms with Gasteiger partial charge < -0.3 is 15.3 Å². The average molecular weight is 299 g/mol. The fourth-order valence-corrected chi connectivity index (χ4v) is 1.86. The summed E-state index contributed by atoms with van der Waals surface area (Å²) in [6.07, 6.45) is 0. The summed E-state index contributed by atoms with van der Waals surface area (Å²) < 4.78 is 0. The minimum absolute atomic E-state index is 0.255. The van der Waals surface area contributed by atoms with Gasteiger partial charge in [0, 0.05) is 17.1 Å². The Kier molecular flexibility index (Phi) is 5.39. The Balaban J connectivity index is 2.72. The molecule has 6 heteroatoms. The molecule has 110 valence electrons. The molecule has 0 heterocycles. The number of carboxylic acids is 1. The van der Waals surface area contributed by atoms with E-state index in [1.54, 1.807) is 39.0 Å². The first-order chi connectivity index (χ1) is 9.21. The second-order valence-electron chi connectivity index (χ2n) is 5.40. The van der Waals surface area contributed by atoms with Crippen LogP contribution in [0.5, 0.6) is 0 Å². The number of hydrogen-bond acceptors (Lipinski definition) is 2. The van der Waals surface area contributed by atoms with Crippen LogP contribution in [-0.2, 0) is 11.3 Å². The topological polar surface area (TPSA) is 69.6 Å². The molecular weight excluding hydrogens is 280 g/mol. The maximum Gasteiger partial charge on any atom is 0.323 e. The molecule has 0 unspecified atom stereocenters. The van der Waals surface area contributed by atoms with Crippen molar-refractivity contribution >= 4 is 23.6 Å². The first kappa shape index (κ1) is 16.3. The zero-order valence-corrected chi connectivity index (χ0v) is 12.6. The maximum atomic E-state index is 12.1. The van der Waals surface area contributed by atoms with Gasteiger partial charge in [0.05, 0.1) is 0 Å². The molecule has 5 nitrogen and oxygen atoms in total. The van der Waals surface area contributed by atoms with Gasteiger partial charge >= 0.3 is 12.0 Å². The van der Waals surface area contributed by atoms with Crippen molar-refractivity contribution in [3.63, 3.8) is 0 Å². The Morgan fingerprint density at radius 2 is 1.90 bits per heavy atom. The number of aliphatic carboxylic acids is 1. The second kappa shape index (κ2) is 6.61. The number of amides is 2. The van der Waals surface area contributed by atoms with Crippen molar-refractivity contribution in [2.75, 3.05) is 6.54 Å². The van der Waals surface area contributed by atoms with E-state index in [9.17, 15) is 9.59 Å². The highest BCUT2D eigenvalue weighted by Crippen LogP contribution is 2.16. The lowest BCUT2D eigenvalue weighted by atomic mass is 10.1. The van der Waals surface area contributed by atoms with Crippen LogP contribution in [0.15, 0.2) is 24.3 Å². The number of nitrogens with zero attached hydrogens (tertiary/aromatic N) is 1. The van der Waals surface area contributed by atoms with Gasteiger partial charge in [-0.3, -0.25) is 4.79 Å². The van der Waals surface area contributed by atoms with Gasteiger partial charge in [-0.15, -0.1) is 0 Å². The van der Waals surface area contributed by atoms with E-state index >= 15 is 0 Å². The van der Waals surface area contributed by atoms with Gasteiger partial charge in [-0.25, -0.2) is 4.79 Å². The van der Waals surface area contributed by atoms with E-state index in [1.165, 1.54) is 4.90 Å². The van der Waals surface area contributed by atoms with E-state index in [4.69, 9.17) is 16.7 Å². The smallest absolute Gasteiger partial charge is 0.323 e. The highest BCUT2D eigenvalue weighted by Gasteiger charge is 2.28. The number of halogens is 1. The molecular formula is C14H19ClN2O3. The minimum atomic E-state index is -1.05. The van der Waals surface area contributed by atoms with Gasteiger partial charge in [0.2, 0.25) is 0 Å². The van der Waals surface area contributed by atoms with Crippen LogP contribution < -0.4 is 5.32 Å². The molecule has 1 rings (SSSR count). The van der Waals surface area contributed by atoms with Gasteiger partial charge in [-0.1, -0.05) is 29.8 Å². The lowest BCUT2D eigenvalue weighted by Gasteiger charge is -2.34. The molecule has 0 bridgehead atoms. The van der Waals surface area contributed by atoms with Gasteiger partial charge in [0.15, 0.2) is 0 Å². The van der Waals surface area contributed by atoms with Crippen molar-refractivity contribution in [1.29, 1.82) is 0 Å². The summed E-state index contributed by atoms with van der Waals surface area (Å²) in [5.41, 5.74) is 0.204. The monoisotopic (exact) mass is 298 g/mol. The first-order valence-electron chi connectivity index (χ1n) is 6.22. The molecule has 0 radical (unpaired) electrons. The van der Waals surface area contributed by atoms with Crippen molar-refractivity contribution in [3.05, 3.63) is 34.9 Å². The number of hydrogen-bond donors (Lipinski definition) is 2. The molecule has 2 N–H and O–H groups in total. The molecule has 0 aliphatic carbocycles. The fourth-order valence-electron chi connectivity index (χ4n) is 1.66. The molecule has 0 aliphatic heterocycles. The first-order valence-corrected chi connectivity index (χ1v) is 6.60. The van der Waals surface area contributed by atoms with Crippen LogP contribution in [0.25, 0.3) is 0 Å². The Morgan fingerprint density at radius 3 is 2.40 bits per heavy atom. The molecule has 1 aromatic rings. The number of carbonyl (C=O) groups is 2. The van der Waals surface area contributed by atoms with Gasteiger partial charge in [-0.2, -0.15) is 0 Å². The summed E-state index contributed by atoms with van der Waals surface area (Å²) >= 11 is 6.00. The minimum Gasteiger partial charge on any atom is -0.480 e. The van der Waals surface area contributed by atoms with Crippen LogP contribution in [-0.4, -0.2) is 34.1 Å². The van der Waals surface area contributed by atoms with Crippen molar-refractivity contribution in [2.45, 2.75) is 32.9 Å². The predicted molar refractivity (Wildman–Crippen MR) is 77.8 cm³/mol. The van der Waals surface area contributed by atoms with E-state index in [0.29, 0.717) is 5.02 Å². The van der Waals surface area contributed by atoms with E-state index in [0.717, 1.165) is 5.56 Å². The quantitative estimate of drug-likeness (QED) is 0.898. The Bertz CT molecular complexity index is 497. The van der Waals surface area contributed by atoms with Crippen LogP contribution in [0.3, 0.4) is 0 Å². The van der Waals surface area contributed by atoms with Gasteiger partial charge in [-0.05, 0) is 32.4 Å². The van der Waals surface area contributed by atoms with Crippen LogP contribution >= 0.6 is 11.6 Å². The number of carbonyl (C=O) groups excluding carboxylic acids is 1. The van der Waals surface area contributed by atoms with Gasteiger partial charge in [0.1, 0.15) is 6.54 Å². The Labute approximate surface area is 123 Å². The van der Waals surface area contributed by atoms with Crippen LogP contribution in [0, 0.1) is 0 Å². The normalized spacial score (nSPS) is 11.0. The average Bonchev–Trinajstić information content (AvgIpc) is 2.33. The van der Waals surface area contributed by atoms with Crippen molar-refractivity contribution in [1.82, 2.24) is 10.2 Å². The van der Waals surface area contributed by atoms with Crippen molar-refractivity contribution in [3.8, 4) is 0 Å². The number of benzene rings is 1. The highest BCUT2D eigenvalue weighted by molar-refractivity contribution is 6.31. The lowest BCUT2D eigenvalue weighted by Crippen LogP contribution is -2.52. The van der Waals surface area contributed by atoms with Crippen LogP contribution in [0.2, 0.25) is 5.02 Å². The molecule has 0 aromatic heterocycles. The summed E-state index contributed by atoms with van der Waals surface area (Å²) in [5.74, 6) is -1.05. The van der Waals surface area contributed by atoms with Gasteiger partial charge in [0.25, 0.3) is 0 Å². The third-order valence-corrected chi connectivity index (χ3v) is 3.10. The van der Waals surface area contributed by atoms with Crippen LogP contribution in [0.4, 0.5) is 4.79 Å². The fraction of sp³-hybridized carbons (Fsp3) is 0.429. The number of nitrogens with one attached hydrogen (secondary N) is 1. The van der Waals surface area contributed by atoms with Crippen molar-refractivity contribution < 1.29 is 14.7 Å². The summed E-state index contributed by atoms with van der Waals surface area (Å²) in [6, 6.07) is 6.74. The van der Waals surface area contributed by atoms with E-state index < -0.39 is 17.5 Å². The molecule has 1 aromatic carbocycles. The summed E-state index contributed by atoms with van der Waals surface area (Å²) in [4.78, 5) is 24.2. The number of carboxylic acid groups (broad SMARTS) is 1. The SMILES string of the molecule is CC(C)(C)N(CC(=O)O)C(=O)NCc1ccccc1Cl. The third-order valence-electron chi connectivity index (χ3n) is 2.74. The zero-order valence-electron chi connectivity index (χ0n) is 11.8. The van der Waals surface area contributed by atoms with Crippen molar-refractivity contribution in [2.24, 2.45) is 0 Å². The lowest BCUT2D eigenvalue weighted by molar-refractivity contribution is -0.138. The maximum absolute atomic E-state index is 12.1. The number of urea groups is 1. The Morgan fingerprint density at radius 1 is 1.30 bits per heavy atom. The standard InChI is InChI=1S/C14H19ClN2O3/c1-14(2,3)17(9-12(18)19)13(20)16-8-10-6-4-5-7-11(10)15/h4-7H,8-9H2,1-3H3,(H,16,20)(H,18,19). The third kappa shape index (κ3) is 4.74. The molecule has 0 fully saturated rings. The highest BCUT2D eigenvalue weighted by atomic mass is 35.5. The summed E-state index contributed by atoms with van der Waals surface area (Å²) in [5, 5.41) is 12.1.